The van der Waals surface area contributed by atoms with Crippen LogP contribution in [0.2, 0.25) is 0 Å². The van der Waals surface area contributed by atoms with Crippen LogP contribution in [0.15, 0.2) is 0 Å². The van der Waals surface area contributed by atoms with Gasteiger partial charge < -0.3 is 15.4 Å². The summed E-state index contributed by atoms with van der Waals surface area (Å²) in [6, 6.07) is 0.669. The highest BCUT2D eigenvalue weighted by molar-refractivity contribution is 5.68. The Morgan fingerprint density at radius 2 is 1.68 bits per heavy atom. The predicted molar refractivity (Wildman–Crippen MR) is 92.0 cm³/mol. The molecule has 1 aliphatic carbocycles. The van der Waals surface area contributed by atoms with E-state index in [9.17, 15) is 4.79 Å². The van der Waals surface area contributed by atoms with Crippen molar-refractivity contribution in [1.29, 1.82) is 0 Å². The van der Waals surface area contributed by atoms with Crippen LogP contribution >= 0.6 is 0 Å². The van der Waals surface area contributed by atoms with Gasteiger partial charge in [0, 0.05) is 18.6 Å². The third-order valence-corrected chi connectivity index (χ3v) is 4.31. The SMILES string of the molecule is CC1CC(C)CC(NCC(NC(=O)OC(C)(C)C)C(C)C)C1. The summed E-state index contributed by atoms with van der Waals surface area (Å²) in [5.41, 5.74) is -0.451. The van der Waals surface area contributed by atoms with Crippen LogP contribution in [0.4, 0.5) is 4.79 Å². The monoisotopic (exact) mass is 312 g/mol. The summed E-state index contributed by atoms with van der Waals surface area (Å²) in [6.07, 6.45) is 3.49. The lowest BCUT2D eigenvalue weighted by atomic mass is 9.80. The second-order valence-electron chi connectivity index (χ2n) is 8.52. The molecule has 0 aromatic carbocycles. The zero-order valence-electron chi connectivity index (χ0n) is 15.5. The van der Waals surface area contributed by atoms with Gasteiger partial charge in [0.05, 0.1) is 0 Å². The molecular weight excluding hydrogens is 276 g/mol. The normalized spacial score (nSPS) is 27.5. The summed E-state index contributed by atoms with van der Waals surface area (Å²) in [7, 11) is 0. The molecule has 4 heteroatoms. The standard InChI is InChI=1S/C18H36N2O2/c1-12(2)16(20-17(21)22-18(5,6)7)11-19-15-9-13(3)8-14(4)10-15/h12-16,19H,8-11H2,1-7H3,(H,20,21). The first kappa shape index (κ1) is 19.3. The van der Waals surface area contributed by atoms with Crippen molar-refractivity contribution >= 4 is 6.09 Å². The van der Waals surface area contributed by atoms with Gasteiger partial charge in [-0.2, -0.15) is 0 Å². The molecule has 130 valence electrons. The number of ether oxygens (including phenoxy) is 1. The topological polar surface area (TPSA) is 50.4 Å². The highest BCUT2D eigenvalue weighted by Crippen LogP contribution is 2.28. The van der Waals surface area contributed by atoms with Crippen LogP contribution in [0.25, 0.3) is 0 Å². The molecule has 1 rings (SSSR count). The van der Waals surface area contributed by atoms with Gasteiger partial charge in [-0.1, -0.05) is 27.7 Å². The number of amides is 1. The molecule has 0 aromatic rings. The van der Waals surface area contributed by atoms with Crippen LogP contribution in [-0.2, 0) is 4.74 Å². The zero-order chi connectivity index (χ0) is 16.9. The molecule has 0 heterocycles. The Kier molecular flexibility index (Phi) is 7.17. The highest BCUT2D eigenvalue weighted by Gasteiger charge is 2.26. The van der Waals surface area contributed by atoms with Crippen LogP contribution in [0.1, 0.15) is 67.7 Å². The third-order valence-electron chi connectivity index (χ3n) is 4.31. The molecule has 1 fully saturated rings. The van der Waals surface area contributed by atoms with E-state index in [4.69, 9.17) is 4.74 Å². The molecule has 1 saturated carbocycles. The maximum absolute atomic E-state index is 12.0. The average molecular weight is 312 g/mol. The fraction of sp³-hybridized carbons (Fsp3) is 0.944. The summed E-state index contributed by atoms with van der Waals surface area (Å²) < 4.78 is 5.37. The molecule has 1 aliphatic rings. The Morgan fingerprint density at radius 3 is 2.14 bits per heavy atom. The fourth-order valence-electron chi connectivity index (χ4n) is 3.32. The third kappa shape index (κ3) is 7.48. The van der Waals surface area contributed by atoms with Crippen LogP contribution in [0.5, 0.6) is 0 Å². The van der Waals surface area contributed by atoms with Gasteiger partial charge in [-0.15, -0.1) is 0 Å². The minimum Gasteiger partial charge on any atom is -0.444 e. The van der Waals surface area contributed by atoms with Gasteiger partial charge in [0.15, 0.2) is 0 Å². The first-order valence-electron chi connectivity index (χ1n) is 8.79. The number of nitrogens with one attached hydrogen (secondary N) is 2. The lowest BCUT2D eigenvalue weighted by Crippen LogP contribution is -2.49. The summed E-state index contributed by atoms with van der Waals surface area (Å²) in [5.74, 6) is 1.95. The van der Waals surface area contributed by atoms with E-state index in [1.807, 2.05) is 20.8 Å². The first-order chi connectivity index (χ1) is 10.1. The fourth-order valence-corrected chi connectivity index (χ4v) is 3.32. The zero-order valence-corrected chi connectivity index (χ0v) is 15.5. The van der Waals surface area contributed by atoms with Gasteiger partial charge in [0.2, 0.25) is 0 Å². The molecule has 4 nitrogen and oxygen atoms in total. The lowest BCUT2D eigenvalue weighted by molar-refractivity contribution is 0.0487. The van der Waals surface area contributed by atoms with Crippen molar-refractivity contribution in [2.24, 2.45) is 17.8 Å². The molecule has 0 aromatic heterocycles. The van der Waals surface area contributed by atoms with Gasteiger partial charge in [-0.05, 0) is 57.8 Å². The second kappa shape index (κ2) is 8.19. The van der Waals surface area contributed by atoms with Crippen LogP contribution in [0.3, 0.4) is 0 Å². The Hall–Kier alpha value is -0.770. The van der Waals surface area contributed by atoms with E-state index in [1.54, 1.807) is 0 Å². The van der Waals surface area contributed by atoms with Gasteiger partial charge >= 0.3 is 6.09 Å². The number of rotatable bonds is 5. The number of alkyl carbamates (subject to hydrolysis) is 1. The number of carbonyl (C=O) groups excluding carboxylic acids is 1. The molecule has 3 unspecified atom stereocenters. The minimum atomic E-state index is -0.451. The van der Waals surface area contributed by atoms with E-state index in [0.717, 1.165) is 18.4 Å². The van der Waals surface area contributed by atoms with Crippen LogP contribution in [-0.4, -0.2) is 30.3 Å². The first-order valence-corrected chi connectivity index (χ1v) is 8.79. The Bertz CT molecular complexity index is 339. The molecule has 2 N–H and O–H groups in total. The molecule has 0 bridgehead atoms. The van der Waals surface area contributed by atoms with Crippen molar-refractivity contribution in [3.8, 4) is 0 Å². The molecule has 0 spiro atoms. The van der Waals surface area contributed by atoms with Gasteiger partial charge in [0.25, 0.3) is 0 Å². The molecule has 0 radical (unpaired) electrons. The van der Waals surface area contributed by atoms with E-state index in [2.05, 4.69) is 38.3 Å². The average Bonchev–Trinajstić information content (AvgIpc) is 2.30. The Balaban J connectivity index is 2.45. The summed E-state index contributed by atoms with van der Waals surface area (Å²) in [4.78, 5) is 12.0. The van der Waals surface area contributed by atoms with Gasteiger partial charge in [0.1, 0.15) is 5.60 Å². The molecule has 1 amide bonds. The maximum atomic E-state index is 12.0. The maximum Gasteiger partial charge on any atom is 0.407 e. The van der Waals surface area contributed by atoms with Crippen molar-refractivity contribution in [2.75, 3.05) is 6.54 Å². The summed E-state index contributed by atoms with van der Waals surface area (Å²) >= 11 is 0. The van der Waals surface area contributed by atoms with Gasteiger partial charge in [-0.25, -0.2) is 4.79 Å². The Morgan fingerprint density at radius 1 is 1.14 bits per heavy atom. The predicted octanol–water partition coefficient (Wildman–Crippen LogP) is 3.95. The van der Waals surface area contributed by atoms with E-state index >= 15 is 0 Å². The molecule has 22 heavy (non-hydrogen) atoms. The lowest BCUT2D eigenvalue weighted by Gasteiger charge is -2.34. The van der Waals surface area contributed by atoms with Gasteiger partial charge in [-0.3, -0.25) is 0 Å². The largest absolute Gasteiger partial charge is 0.444 e. The second-order valence-corrected chi connectivity index (χ2v) is 8.52. The quantitative estimate of drug-likeness (QED) is 0.808. The summed E-state index contributed by atoms with van der Waals surface area (Å²) in [5, 5.41) is 6.67. The van der Waals surface area contributed by atoms with Crippen LogP contribution in [0, 0.1) is 17.8 Å². The minimum absolute atomic E-state index is 0.0994. The van der Waals surface area contributed by atoms with Crippen molar-refractivity contribution < 1.29 is 9.53 Å². The molecular formula is C18H36N2O2. The van der Waals surface area contributed by atoms with E-state index in [1.165, 1.54) is 19.3 Å². The van der Waals surface area contributed by atoms with E-state index < -0.39 is 5.60 Å². The summed E-state index contributed by atoms with van der Waals surface area (Å²) in [6.45, 7) is 15.4. The number of hydrogen-bond acceptors (Lipinski definition) is 3. The highest BCUT2D eigenvalue weighted by atomic mass is 16.6. The van der Waals surface area contributed by atoms with Crippen LogP contribution < -0.4 is 10.6 Å². The van der Waals surface area contributed by atoms with Crippen molar-refractivity contribution in [3.05, 3.63) is 0 Å². The van der Waals surface area contributed by atoms with E-state index in [0.29, 0.717) is 12.0 Å². The number of hydrogen-bond donors (Lipinski definition) is 2. The van der Waals surface area contributed by atoms with Crippen molar-refractivity contribution in [3.63, 3.8) is 0 Å². The van der Waals surface area contributed by atoms with E-state index in [-0.39, 0.29) is 12.1 Å². The molecule has 0 saturated heterocycles. The van der Waals surface area contributed by atoms with Crippen molar-refractivity contribution in [1.82, 2.24) is 10.6 Å². The van der Waals surface area contributed by atoms with Crippen molar-refractivity contribution in [2.45, 2.75) is 85.4 Å². The number of carbonyl (C=O) groups is 1. The Labute approximate surface area is 136 Å². The smallest absolute Gasteiger partial charge is 0.407 e. The molecule has 3 atom stereocenters. The molecule has 0 aliphatic heterocycles.